The molecule has 2 rings (SSSR count). The van der Waals surface area contributed by atoms with Gasteiger partial charge in [0.25, 0.3) is 0 Å². The number of unbranched alkanes of at least 4 members (excludes halogenated alkanes) is 4. The third-order valence-corrected chi connectivity index (χ3v) is 3.38. The normalized spacial score (nSPS) is 11.0. The maximum atomic E-state index is 5.80. The van der Waals surface area contributed by atoms with Gasteiger partial charge in [0.05, 0.1) is 6.61 Å². The highest BCUT2D eigenvalue weighted by molar-refractivity contribution is 5.84. The Balaban J connectivity index is 1.82. The van der Waals surface area contributed by atoms with Crippen LogP contribution >= 0.6 is 0 Å². The number of aryl methyl sites for hydroxylation is 1. The minimum atomic E-state index is 0.832. The Hall–Kier alpha value is -1.44. The number of hydrogen-bond donors (Lipinski definition) is 1. The highest BCUT2D eigenvalue weighted by atomic mass is 16.5. The van der Waals surface area contributed by atoms with Gasteiger partial charge in [0, 0.05) is 17.1 Å². The molecule has 1 N–H and O–H groups in total. The van der Waals surface area contributed by atoms with Gasteiger partial charge in [0.15, 0.2) is 0 Å². The monoisotopic (exact) mass is 245 g/mol. The molecule has 0 spiro atoms. The Labute approximate surface area is 109 Å². The van der Waals surface area contributed by atoms with Crippen molar-refractivity contribution in [1.82, 2.24) is 4.98 Å². The zero-order valence-corrected chi connectivity index (χ0v) is 11.5. The lowest BCUT2D eigenvalue weighted by Gasteiger charge is -2.06. The smallest absolute Gasteiger partial charge is 0.120 e. The molecule has 0 aliphatic heterocycles. The van der Waals surface area contributed by atoms with Gasteiger partial charge in [-0.25, -0.2) is 0 Å². The maximum Gasteiger partial charge on any atom is 0.120 e. The topological polar surface area (TPSA) is 25.0 Å². The minimum Gasteiger partial charge on any atom is -0.494 e. The van der Waals surface area contributed by atoms with Crippen molar-refractivity contribution in [2.24, 2.45) is 0 Å². The largest absolute Gasteiger partial charge is 0.494 e. The summed E-state index contributed by atoms with van der Waals surface area (Å²) < 4.78 is 5.80. The third-order valence-electron chi connectivity index (χ3n) is 3.38. The number of aromatic amines is 1. The van der Waals surface area contributed by atoms with Crippen molar-refractivity contribution < 1.29 is 4.74 Å². The van der Waals surface area contributed by atoms with E-state index in [1.54, 1.807) is 0 Å². The summed E-state index contributed by atoms with van der Waals surface area (Å²) in [5.41, 5.74) is 2.46. The van der Waals surface area contributed by atoms with Gasteiger partial charge in [-0.05, 0) is 37.1 Å². The SMILES string of the molecule is CCCCCCCOc1ccc2[nH]cc(C)c2c1. The molecule has 0 atom stereocenters. The van der Waals surface area contributed by atoms with E-state index in [9.17, 15) is 0 Å². The molecule has 0 aliphatic rings. The summed E-state index contributed by atoms with van der Waals surface area (Å²) in [5, 5.41) is 1.26. The van der Waals surface area contributed by atoms with Crippen LogP contribution in [-0.4, -0.2) is 11.6 Å². The van der Waals surface area contributed by atoms with E-state index in [0.29, 0.717) is 0 Å². The fraction of sp³-hybridized carbons (Fsp3) is 0.500. The molecule has 1 aromatic heterocycles. The molecule has 0 fully saturated rings. The number of H-pyrrole nitrogens is 1. The van der Waals surface area contributed by atoms with Crippen LogP contribution in [0.25, 0.3) is 10.9 Å². The van der Waals surface area contributed by atoms with Crippen molar-refractivity contribution in [2.45, 2.75) is 46.0 Å². The first-order chi connectivity index (χ1) is 8.81. The molecule has 1 aromatic carbocycles. The van der Waals surface area contributed by atoms with Gasteiger partial charge in [0.1, 0.15) is 5.75 Å². The Morgan fingerprint density at radius 1 is 1.11 bits per heavy atom. The standard InChI is InChI=1S/C16H23NO/c1-3-4-5-6-7-10-18-14-8-9-16-15(11-14)13(2)12-17-16/h8-9,11-12,17H,3-7,10H2,1-2H3. The Morgan fingerprint density at radius 2 is 1.94 bits per heavy atom. The van der Waals surface area contributed by atoms with Gasteiger partial charge < -0.3 is 9.72 Å². The highest BCUT2D eigenvalue weighted by Gasteiger charge is 2.01. The van der Waals surface area contributed by atoms with Crippen molar-refractivity contribution in [2.75, 3.05) is 6.61 Å². The molecule has 98 valence electrons. The molecule has 18 heavy (non-hydrogen) atoms. The van der Waals surface area contributed by atoms with Crippen LogP contribution in [0, 0.1) is 6.92 Å². The van der Waals surface area contributed by atoms with Crippen molar-refractivity contribution >= 4 is 10.9 Å². The zero-order chi connectivity index (χ0) is 12.8. The number of benzene rings is 1. The van der Waals surface area contributed by atoms with Crippen molar-refractivity contribution in [1.29, 1.82) is 0 Å². The molecular weight excluding hydrogens is 222 g/mol. The molecule has 0 radical (unpaired) electrons. The van der Waals surface area contributed by atoms with E-state index in [-0.39, 0.29) is 0 Å². The summed E-state index contributed by atoms with van der Waals surface area (Å²) in [6.45, 7) is 5.19. The lowest BCUT2D eigenvalue weighted by atomic mass is 10.1. The summed E-state index contributed by atoms with van der Waals surface area (Å²) in [6.07, 6.45) is 8.44. The Bertz CT molecular complexity index is 487. The zero-order valence-electron chi connectivity index (χ0n) is 11.5. The maximum absolute atomic E-state index is 5.80. The van der Waals surface area contributed by atoms with Crippen LogP contribution in [0.5, 0.6) is 5.75 Å². The average molecular weight is 245 g/mol. The first-order valence-corrected chi connectivity index (χ1v) is 7.02. The first-order valence-electron chi connectivity index (χ1n) is 7.02. The second-order valence-electron chi connectivity index (χ2n) is 4.94. The number of rotatable bonds is 7. The second kappa shape index (κ2) is 6.48. The van der Waals surface area contributed by atoms with Crippen LogP contribution in [0.2, 0.25) is 0 Å². The summed E-state index contributed by atoms with van der Waals surface area (Å²) in [6, 6.07) is 6.27. The molecule has 1 heterocycles. The lowest BCUT2D eigenvalue weighted by molar-refractivity contribution is 0.305. The van der Waals surface area contributed by atoms with Crippen molar-refractivity contribution in [3.05, 3.63) is 30.0 Å². The molecule has 0 saturated heterocycles. The number of fused-ring (bicyclic) bond motifs is 1. The van der Waals surface area contributed by atoms with Gasteiger partial charge in [-0.15, -0.1) is 0 Å². The van der Waals surface area contributed by atoms with E-state index in [2.05, 4.69) is 31.0 Å². The van der Waals surface area contributed by atoms with Crippen LogP contribution < -0.4 is 4.74 Å². The van der Waals surface area contributed by atoms with Crippen LogP contribution in [0.3, 0.4) is 0 Å². The Kier molecular flexibility index (Phi) is 4.68. The van der Waals surface area contributed by atoms with E-state index in [0.717, 1.165) is 18.8 Å². The van der Waals surface area contributed by atoms with Gasteiger partial charge in [-0.3, -0.25) is 0 Å². The van der Waals surface area contributed by atoms with Crippen LogP contribution in [0.4, 0.5) is 0 Å². The van der Waals surface area contributed by atoms with E-state index in [1.165, 1.54) is 42.1 Å². The van der Waals surface area contributed by atoms with Crippen molar-refractivity contribution in [3.63, 3.8) is 0 Å². The quantitative estimate of drug-likeness (QED) is 0.695. The summed E-state index contributed by atoms with van der Waals surface area (Å²) >= 11 is 0. The van der Waals surface area contributed by atoms with Gasteiger partial charge in [-0.1, -0.05) is 32.6 Å². The van der Waals surface area contributed by atoms with Crippen LogP contribution in [0.15, 0.2) is 24.4 Å². The van der Waals surface area contributed by atoms with Gasteiger partial charge in [0.2, 0.25) is 0 Å². The van der Waals surface area contributed by atoms with E-state index in [1.807, 2.05) is 12.3 Å². The van der Waals surface area contributed by atoms with Gasteiger partial charge in [-0.2, -0.15) is 0 Å². The molecule has 2 nitrogen and oxygen atoms in total. The first kappa shape index (κ1) is 13.0. The second-order valence-corrected chi connectivity index (χ2v) is 4.94. The molecule has 0 unspecified atom stereocenters. The third kappa shape index (κ3) is 3.28. The summed E-state index contributed by atoms with van der Waals surface area (Å²) in [4.78, 5) is 3.25. The van der Waals surface area contributed by atoms with E-state index >= 15 is 0 Å². The Morgan fingerprint density at radius 3 is 2.78 bits per heavy atom. The van der Waals surface area contributed by atoms with E-state index in [4.69, 9.17) is 4.74 Å². The predicted octanol–water partition coefficient (Wildman–Crippen LogP) is 4.83. The molecule has 2 heteroatoms. The lowest BCUT2D eigenvalue weighted by Crippen LogP contribution is -1.97. The molecule has 0 saturated carbocycles. The molecule has 0 aliphatic carbocycles. The highest BCUT2D eigenvalue weighted by Crippen LogP contribution is 2.23. The van der Waals surface area contributed by atoms with Crippen LogP contribution in [0.1, 0.15) is 44.6 Å². The number of ether oxygens (including phenoxy) is 1. The molecule has 0 amide bonds. The fourth-order valence-electron chi connectivity index (χ4n) is 2.22. The van der Waals surface area contributed by atoms with Crippen LogP contribution in [-0.2, 0) is 0 Å². The van der Waals surface area contributed by atoms with Crippen molar-refractivity contribution in [3.8, 4) is 5.75 Å². The summed E-state index contributed by atoms with van der Waals surface area (Å²) in [5.74, 6) is 0.987. The van der Waals surface area contributed by atoms with E-state index < -0.39 is 0 Å². The molecule has 2 aromatic rings. The molecular formula is C16H23NO. The fourth-order valence-corrected chi connectivity index (χ4v) is 2.22. The van der Waals surface area contributed by atoms with Gasteiger partial charge >= 0.3 is 0 Å². The molecule has 0 bridgehead atoms. The minimum absolute atomic E-state index is 0.832. The number of nitrogens with one attached hydrogen (secondary N) is 1. The average Bonchev–Trinajstić information content (AvgIpc) is 2.75. The summed E-state index contributed by atoms with van der Waals surface area (Å²) in [7, 11) is 0. The number of hydrogen-bond acceptors (Lipinski definition) is 1. The predicted molar refractivity (Wildman–Crippen MR) is 77.3 cm³/mol. The number of aromatic nitrogens is 1.